The number of amides is 1. The van der Waals surface area contributed by atoms with Crippen molar-refractivity contribution >= 4 is 22.4 Å². The van der Waals surface area contributed by atoms with Crippen LogP contribution in [0.25, 0.3) is 5.13 Å². The van der Waals surface area contributed by atoms with Gasteiger partial charge in [-0.05, 0) is 30.5 Å². The van der Waals surface area contributed by atoms with Crippen LogP contribution in [0.4, 0.5) is 5.13 Å². The fraction of sp³-hybridized carbons (Fsp3) is 0.480. The number of carbonyl (C=O) groups is 1. The molecule has 0 radical (unpaired) electrons. The van der Waals surface area contributed by atoms with Gasteiger partial charge in [-0.1, -0.05) is 41.7 Å². The molecule has 4 heterocycles. The quantitative estimate of drug-likeness (QED) is 0.535. The number of nitrogens with one attached hydrogen (secondary N) is 1. The summed E-state index contributed by atoms with van der Waals surface area (Å²) >= 11 is 1.59. The Morgan fingerprint density at radius 1 is 0.882 bits per heavy atom. The number of anilines is 1. The summed E-state index contributed by atoms with van der Waals surface area (Å²) in [5.41, 5.74) is 1.38. The molecule has 1 aromatic carbocycles. The van der Waals surface area contributed by atoms with Gasteiger partial charge in [-0.15, -0.1) is 10.2 Å². The Kier molecular flexibility index (Phi) is 7.52. The highest BCUT2D eigenvalue weighted by molar-refractivity contribution is 7.17. The minimum atomic E-state index is 0.0933. The molecule has 2 fully saturated rings. The summed E-state index contributed by atoms with van der Waals surface area (Å²) in [5, 5.41) is 13.7. The van der Waals surface area contributed by atoms with Crippen molar-refractivity contribution in [1.29, 1.82) is 0 Å². The summed E-state index contributed by atoms with van der Waals surface area (Å²) < 4.78 is 1.98. The lowest BCUT2D eigenvalue weighted by atomic mass is 9.96. The van der Waals surface area contributed by atoms with Gasteiger partial charge < -0.3 is 10.2 Å². The average Bonchev–Trinajstić information content (AvgIpc) is 3.58. The van der Waals surface area contributed by atoms with E-state index < -0.39 is 0 Å². The molecule has 0 spiro atoms. The molecule has 0 saturated carbocycles. The van der Waals surface area contributed by atoms with Crippen LogP contribution in [0.15, 0.2) is 54.9 Å². The molecule has 3 aromatic rings. The maximum Gasteiger partial charge on any atom is 0.223 e. The van der Waals surface area contributed by atoms with Crippen LogP contribution < -0.4 is 10.2 Å². The molecule has 9 heteroatoms. The van der Waals surface area contributed by atoms with Gasteiger partial charge >= 0.3 is 0 Å². The smallest absolute Gasteiger partial charge is 0.223 e. The molecular weight excluding hydrogens is 446 g/mol. The molecule has 2 aromatic heterocycles. The Morgan fingerprint density at radius 2 is 1.56 bits per heavy atom. The molecule has 5 rings (SSSR count). The van der Waals surface area contributed by atoms with Gasteiger partial charge in [0.05, 0.1) is 0 Å². The average molecular weight is 480 g/mol. The van der Waals surface area contributed by atoms with E-state index >= 15 is 0 Å². The van der Waals surface area contributed by atoms with E-state index in [4.69, 9.17) is 0 Å². The van der Waals surface area contributed by atoms with Crippen LogP contribution in [0.3, 0.4) is 0 Å². The number of piperazine rings is 1. The molecule has 180 valence electrons. The summed E-state index contributed by atoms with van der Waals surface area (Å²) in [6.07, 6.45) is 5.68. The van der Waals surface area contributed by atoms with E-state index in [1.807, 2.05) is 29.1 Å². The number of carbonyl (C=O) groups excluding carboxylic acids is 1. The maximum atomic E-state index is 12.7. The van der Waals surface area contributed by atoms with Crippen molar-refractivity contribution in [3.05, 3.63) is 60.4 Å². The second kappa shape index (κ2) is 11.1. The molecule has 0 bridgehead atoms. The van der Waals surface area contributed by atoms with Gasteiger partial charge in [0.1, 0.15) is 0 Å². The van der Waals surface area contributed by atoms with Crippen LogP contribution in [0.1, 0.15) is 18.4 Å². The zero-order valence-corrected chi connectivity index (χ0v) is 20.4. The highest BCUT2D eigenvalue weighted by atomic mass is 32.1. The summed E-state index contributed by atoms with van der Waals surface area (Å²) in [5.74, 6) is 0.295. The first kappa shape index (κ1) is 23.0. The van der Waals surface area contributed by atoms with Crippen LogP contribution in [0.5, 0.6) is 0 Å². The van der Waals surface area contributed by atoms with Gasteiger partial charge in [0.25, 0.3) is 0 Å². The van der Waals surface area contributed by atoms with Crippen molar-refractivity contribution in [2.24, 2.45) is 5.92 Å². The summed E-state index contributed by atoms with van der Waals surface area (Å²) in [6.45, 7) is 8.67. The first-order valence-corrected chi connectivity index (χ1v) is 13.0. The number of aromatic nitrogens is 3. The standard InChI is InChI=1S/C25H33N7OS/c33-23(26-10-15-29-16-18-30(19-17-29)20-21-6-2-1-3-7-21)22-8-13-32(14-9-22)25-28-27-24(34-25)31-11-4-5-12-31/h1-7,11-12,22H,8-10,13-20H2,(H,26,33). The van der Waals surface area contributed by atoms with Gasteiger partial charge in [-0.3, -0.25) is 19.2 Å². The molecular formula is C25H33N7OS. The number of nitrogens with zero attached hydrogens (tertiary/aromatic N) is 6. The first-order chi connectivity index (χ1) is 16.7. The predicted octanol–water partition coefficient (Wildman–Crippen LogP) is 2.48. The zero-order chi connectivity index (χ0) is 23.2. The molecule has 2 aliphatic heterocycles. The van der Waals surface area contributed by atoms with E-state index in [0.717, 1.165) is 82.0 Å². The van der Waals surface area contributed by atoms with Crippen molar-refractivity contribution in [3.8, 4) is 5.13 Å². The van der Waals surface area contributed by atoms with E-state index in [1.54, 1.807) is 11.3 Å². The third-order valence-electron chi connectivity index (χ3n) is 6.81. The first-order valence-electron chi connectivity index (χ1n) is 12.2. The lowest BCUT2D eigenvalue weighted by molar-refractivity contribution is -0.125. The highest BCUT2D eigenvalue weighted by Gasteiger charge is 2.27. The van der Waals surface area contributed by atoms with Crippen LogP contribution in [-0.4, -0.2) is 82.8 Å². The molecule has 0 atom stereocenters. The van der Waals surface area contributed by atoms with Crippen molar-refractivity contribution in [2.45, 2.75) is 19.4 Å². The normalized spacial score (nSPS) is 18.3. The van der Waals surface area contributed by atoms with Crippen molar-refractivity contribution in [2.75, 3.05) is 57.3 Å². The van der Waals surface area contributed by atoms with Gasteiger partial charge in [-0.25, -0.2) is 0 Å². The van der Waals surface area contributed by atoms with E-state index in [0.29, 0.717) is 0 Å². The molecule has 34 heavy (non-hydrogen) atoms. The van der Waals surface area contributed by atoms with E-state index in [-0.39, 0.29) is 11.8 Å². The van der Waals surface area contributed by atoms with Crippen LogP contribution in [-0.2, 0) is 11.3 Å². The molecule has 8 nitrogen and oxygen atoms in total. The summed E-state index contributed by atoms with van der Waals surface area (Å²) in [7, 11) is 0. The second-order valence-corrected chi connectivity index (χ2v) is 10.0. The predicted molar refractivity (Wildman–Crippen MR) is 135 cm³/mol. The Hall–Kier alpha value is -2.75. The summed E-state index contributed by atoms with van der Waals surface area (Å²) in [6, 6.07) is 14.6. The van der Waals surface area contributed by atoms with Crippen molar-refractivity contribution < 1.29 is 4.79 Å². The molecule has 0 unspecified atom stereocenters. The summed E-state index contributed by atoms with van der Waals surface area (Å²) in [4.78, 5) is 19.9. The monoisotopic (exact) mass is 479 g/mol. The third-order valence-corrected chi connectivity index (χ3v) is 7.80. The molecule has 2 saturated heterocycles. The molecule has 1 N–H and O–H groups in total. The largest absolute Gasteiger partial charge is 0.355 e. The van der Waals surface area contributed by atoms with E-state index in [1.165, 1.54) is 5.56 Å². The third kappa shape index (κ3) is 5.84. The SMILES string of the molecule is O=C(NCCN1CCN(Cc2ccccc2)CC1)C1CCN(c2nnc(-n3cccc3)s2)CC1. The number of piperidine rings is 1. The molecule has 1 amide bonds. The van der Waals surface area contributed by atoms with E-state index in [2.05, 4.69) is 60.5 Å². The fourth-order valence-corrected chi connectivity index (χ4v) is 5.59. The zero-order valence-electron chi connectivity index (χ0n) is 19.6. The number of hydrogen-bond acceptors (Lipinski definition) is 7. The Bertz CT molecular complexity index is 1020. The molecule has 2 aliphatic rings. The van der Waals surface area contributed by atoms with Crippen LogP contribution in [0.2, 0.25) is 0 Å². The topological polar surface area (TPSA) is 69.5 Å². The van der Waals surface area contributed by atoms with Gasteiger partial charge in [-0.2, -0.15) is 0 Å². The maximum absolute atomic E-state index is 12.7. The second-order valence-electron chi connectivity index (χ2n) is 9.11. The highest BCUT2D eigenvalue weighted by Crippen LogP contribution is 2.27. The van der Waals surface area contributed by atoms with Crippen molar-refractivity contribution in [1.82, 2.24) is 29.9 Å². The van der Waals surface area contributed by atoms with E-state index in [9.17, 15) is 4.79 Å². The minimum absolute atomic E-state index is 0.0933. The number of benzene rings is 1. The minimum Gasteiger partial charge on any atom is -0.355 e. The Morgan fingerprint density at radius 3 is 2.29 bits per heavy atom. The molecule has 0 aliphatic carbocycles. The Balaban J connectivity index is 0.986. The van der Waals surface area contributed by atoms with Gasteiger partial charge in [0.2, 0.25) is 16.2 Å². The lowest BCUT2D eigenvalue weighted by Gasteiger charge is -2.35. The van der Waals surface area contributed by atoms with Crippen LogP contribution in [0, 0.1) is 5.92 Å². The lowest BCUT2D eigenvalue weighted by Crippen LogP contribution is -2.48. The number of hydrogen-bond donors (Lipinski definition) is 1. The fourth-order valence-electron chi connectivity index (χ4n) is 4.73. The van der Waals surface area contributed by atoms with Crippen LogP contribution >= 0.6 is 11.3 Å². The number of rotatable bonds is 8. The van der Waals surface area contributed by atoms with Crippen molar-refractivity contribution in [3.63, 3.8) is 0 Å². The Labute approximate surface area is 205 Å². The van der Waals surface area contributed by atoms with Gasteiger partial charge in [0, 0.05) is 77.2 Å². The van der Waals surface area contributed by atoms with Gasteiger partial charge in [0.15, 0.2) is 0 Å².